The Morgan fingerprint density at radius 3 is 2.68 bits per heavy atom. The number of aliphatic hydroxyl groups is 1. The van der Waals surface area contributed by atoms with E-state index < -0.39 is 11.7 Å². The maximum Gasteiger partial charge on any atom is 0.309 e. The third kappa shape index (κ3) is 4.94. The highest BCUT2D eigenvalue weighted by Gasteiger charge is 2.34. The van der Waals surface area contributed by atoms with E-state index >= 15 is 0 Å². The minimum absolute atomic E-state index is 0.0358. The second kappa shape index (κ2) is 7.53. The Kier molecular flexibility index (Phi) is 5.19. The van der Waals surface area contributed by atoms with Crippen LogP contribution in [0.2, 0.25) is 0 Å². The van der Waals surface area contributed by atoms with Crippen molar-refractivity contribution < 1.29 is 19.4 Å². The van der Waals surface area contributed by atoms with E-state index in [2.05, 4.69) is 0 Å². The van der Waals surface area contributed by atoms with Crippen molar-refractivity contribution in [2.24, 2.45) is 0 Å². The topological polar surface area (TPSA) is 55.8 Å². The van der Waals surface area contributed by atoms with Gasteiger partial charge < -0.3 is 14.6 Å². The van der Waals surface area contributed by atoms with Crippen molar-refractivity contribution in [2.75, 3.05) is 0 Å². The summed E-state index contributed by atoms with van der Waals surface area (Å²) in [5.74, 6) is 0.385. The fourth-order valence-electron chi connectivity index (χ4n) is 2.87. The lowest BCUT2D eigenvalue weighted by atomic mass is 9.92. The van der Waals surface area contributed by atoms with E-state index in [1.54, 1.807) is 13.0 Å². The molecule has 3 rings (SSSR count). The molecule has 2 atom stereocenters. The summed E-state index contributed by atoms with van der Waals surface area (Å²) in [6, 6.07) is 17.7. The van der Waals surface area contributed by atoms with Crippen molar-refractivity contribution in [1.82, 2.24) is 0 Å². The molecule has 0 saturated carbocycles. The van der Waals surface area contributed by atoms with Crippen molar-refractivity contribution in [3.8, 4) is 5.75 Å². The molecule has 0 spiro atoms. The molecule has 0 aromatic heterocycles. The Labute approximate surface area is 147 Å². The Hall–Kier alpha value is -2.59. The standard InChI is InChI=1S/C21H22O4/c1-21(23)13-18(25-20(22)14-21)12-11-17-9-5-6-10-19(17)24-15-16-7-3-2-4-8-16/h2-12,18,23H,13-15H2,1H3. The Bertz CT molecular complexity index is 750. The van der Waals surface area contributed by atoms with Gasteiger partial charge in [-0.2, -0.15) is 0 Å². The maximum atomic E-state index is 11.6. The average molecular weight is 338 g/mol. The number of cyclic esters (lactones) is 1. The monoisotopic (exact) mass is 338 g/mol. The van der Waals surface area contributed by atoms with Crippen molar-refractivity contribution in [3.05, 3.63) is 71.8 Å². The fraction of sp³-hybridized carbons (Fsp3) is 0.286. The fourth-order valence-corrected chi connectivity index (χ4v) is 2.87. The third-order valence-electron chi connectivity index (χ3n) is 4.10. The summed E-state index contributed by atoms with van der Waals surface area (Å²) in [4.78, 5) is 11.6. The summed E-state index contributed by atoms with van der Waals surface area (Å²) in [5.41, 5.74) is 0.978. The van der Waals surface area contributed by atoms with E-state index in [1.165, 1.54) is 0 Å². The van der Waals surface area contributed by atoms with E-state index in [0.717, 1.165) is 16.9 Å². The molecule has 1 saturated heterocycles. The minimum Gasteiger partial charge on any atom is -0.488 e. The van der Waals surface area contributed by atoms with Gasteiger partial charge in [0.2, 0.25) is 0 Å². The molecule has 0 amide bonds. The molecule has 2 aromatic carbocycles. The summed E-state index contributed by atoms with van der Waals surface area (Å²) in [5, 5.41) is 10.1. The number of para-hydroxylation sites is 1. The molecule has 1 aliphatic rings. The Balaban J connectivity index is 1.69. The second-order valence-electron chi connectivity index (χ2n) is 6.58. The van der Waals surface area contributed by atoms with Crippen molar-refractivity contribution in [1.29, 1.82) is 0 Å². The van der Waals surface area contributed by atoms with E-state index in [1.807, 2.05) is 60.7 Å². The molecule has 130 valence electrons. The molecule has 2 aromatic rings. The van der Waals surface area contributed by atoms with Crippen LogP contribution < -0.4 is 4.74 Å². The predicted octanol–water partition coefficient (Wildman–Crippen LogP) is 3.74. The van der Waals surface area contributed by atoms with Crippen molar-refractivity contribution in [2.45, 2.75) is 38.1 Å². The zero-order valence-electron chi connectivity index (χ0n) is 14.2. The molecule has 0 radical (unpaired) electrons. The van der Waals surface area contributed by atoms with Crippen LogP contribution >= 0.6 is 0 Å². The molecular weight excluding hydrogens is 316 g/mol. The number of ether oxygens (including phenoxy) is 2. The van der Waals surface area contributed by atoms with Crippen LogP contribution in [-0.2, 0) is 16.1 Å². The van der Waals surface area contributed by atoms with Crippen LogP contribution in [0, 0.1) is 0 Å². The quantitative estimate of drug-likeness (QED) is 0.844. The van der Waals surface area contributed by atoms with Crippen LogP contribution in [0.1, 0.15) is 30.9 Å². The Morgan fingerprint density at radius 2 is 1.92 bits per heavy atom. The summed E-state index contributed by atoms with van der Waals surface area (Å²) in [7, 11) is 0. The van der Waals surface area contributed by atoms with Gasteiger partial charge in [-0.3, -0.25) is 4.79 Å². The first-order valence-corrected chi connectivity index (χ1v) is 8.38. The van der Waals surface area contributed by atoms with Crippen molar-refractivity contribution in [3.63, 3.8) is 0 Å². The lowest BCUT2D eigenvalue weighted by Crippen LogP contribution is -2.40. The normalized spacial score (nSPS) is 23.4. The largest absolute Gasteiger partial charge is 0.488 e. The van der Waals surface area contributed by atoms with E-state index in [4.69, 9.17) is 9.47 Å². The predicted molar refractivity (Wildman–Crippen MR) is 96.0 cm³/mol. The highest BCUT2D eigenvalue weighted by Crippen LogP contribution is 2.27. The smallest absolute Gasteiger partial charge is 0.309 e. The molecule has 1 heterocycles. The number of hydrogen-bond acceptors (Lipinski definition) is 4. The number of carbonyl (C=O) groups excluding carboxylic acids is 1. The molecule has 4 heteroatoms. The lowest BCUT2D eigenvalue weighted by Gasteiger charge is -2.31. The van der Waals surface area contributed by atoms with Crippen LogP contribution in [0.3, 0.4) is 0 Å². The molecule has 1 N–H and O–H groups in total. The van der Waals surface area contributed by atoms with Crippen LogP contribution in [0.25, 0.3) is 6.08 Å². The van der Waals surface area contributed by atoms with E-state index in [9.17, 15) is 9.90 Å². The highest BCUT2D eigenvalue weighted by molar-refractivity contribution is 5.72. The molecule has 0 aliphatic carbocycles. The molecular formula is C21H22O4. The first-order chi connectivity index (χ1) is 12.0. The van der Waals surface area contributed by atoms with Gasteiger partial charge in [-0.15, -0.1) is 0 Å². The van der Waals surface area contributed by atoms with E-state index in [0.29, 0.717) is 13.0 Å². The van der Waals surface area contributed by atoms with Crippen LogP contribution in [-0.4, -0.2) is 22.8 Å². The molecule has 25 heavy (non-hydrogen) atoms. The molecule has 1 fully saturated rings. The molecule has 4 nitrogen and oxygen atoms in total. The first-order valence-electron chi connectivity index (χ1n) is 8.38. The summed E-state index contributed by atoms with van der Waals surface area (Å²) < 4.78 is 11.2. The number of carbonyl (C=O) groups is 1. The van der Waals surface area contributed by atoms with E-state index in [-0.39, 0.29) is 12.4 Å². The zero-order valence-corrected chi connectivity index (χ0v) is 14.2. The summed E-state index contributed by atoms with van der Waals surface area (Å²) >= 11 is 0. The Morgan fingerprint density at radius 1 is 1.20 bits per heavy atom. The van der Waals surface area contributed by atoms with Crippen molar-refractivity contribution >= 4 is 12.0 Å². The van der Waals surface area contributed by atoms with Gasteiger partial charge in [0.15, 0.2) is 0 Å². The zero-order chi connectivity index (χ0) is 17.7. The van der Waals surface area contributed by atoms with Gasteiger partial charge in [0.25, 0.3) is 0 Å². The summed E-state index contributed by atoms with van der Waals surface area (Å²) in [6.45, 7) is 2.14. The van der Waals surface area contributed by atoms with Gasteiger partial charge in [-0.1, -0.05) is 54.6 Å². The van der Waals surface area contributed by atoms with Crippen LogP contribution in [0.4, 0.5) is 0 Å². The van der Waals surface area contributed by atoms with Crippen LogP contribution in [0.5, 0.6) is 5.75 Å². The molecule has 0 bridgehead atoms. The second-order valence-corrected chi connectivity index (χ2v) is 6.58. The van der Waals surface area contributed by atoms with Crippen LogP contribution in [0.15, 0.2) is 60.7 Å². The third-order valence-corrected chi connectivity index (χ3v) is 4.10. The number of hydrogen-bond donors (Lipinski definition) is 1. The first kappa shape index (κ1) is 17.2. The van der Waals surface area contributed by atoms with Gasteiger partial charge in [0.05, 0.1) is 12.0 Å². The highest BCUT2D eigenvalue weighted by atomic mass is 16.5. The van der Waals surface area contributed by atoms with Gasteiger partial charge in [0.1, 0.15) is 18.5 Å². The SMILES string of the molecule is CC1(O)CC(=O)OC(C=Cc2ccccc2OCc2ccccc2)C1. The minimum atomic E-state index is -1.02. The van der Waals surface area contributed by atoms with Gasteiger partial charge in [0, 0.05) is 12.0 Å². The number of rotatable bonds is 5. The maximum absolute atomic E-state index is 11.6. The van der Waals surface area contributed by atoms with Gasteiger partial charge in [-0.05, 0) is 24.6 Å². The average Bonchev–Trinajstić information content (AvgIpc) is 2.58. The van der Waals surface area contributed by atoms with Gasteiger partial charge >= 0.3 is 5.97 Å². The molecule has 2 unspecified atom stereocenters. The van der Waals surface area contributed by atoms with Gasteiger partial charge in [-0.25, -0.2) is 0 Å². The lowest BCUT2D eigenvalue weighted by molar-refractivity contribution is -0.163. The number of esters is 1. The number of benzene rings is 2. The molecule has 1 aliphatic heterocycles. The summed E-state index contributed by atoms with van der Waals surface area (Å²) in [6.07, 6.45) is 3.67.